The van der Waals surface area contributed by atoms with E-state index in [9.17, 15) is 8.42 Å². The van der Waals surface area contributed by atoms with Crippen LogP contribution >= 0.6 is 0 Å². The van der Waals surface area contributed by atoms with Crippen LogP contribution in [-0.4, -0.2) is 32.7 Å². The predicted molar refractivity (Wildman–Crippen MR) is 83.3 cm³/mol. The van der Waals surface area contributed by atoms with E-state index in [0.29, 0.717) is 16.8 Å². The lowest BCUT2D eigenvalue weighted by atomic mass is 9.80. The lowest BCUT2D eigenvalue weighted by Gasteiger charge is -2.09. The second-order valence-electron chi connectivity index (χ2n) is 4.62. The summed E-state index contributed by atoms with van der Waals surface area (Å²) in [7, 11) is -3.72. The van der Waals surface area contributed by atoms with Gasteiger partial charge in [-0.3, -0.25) is 0 Å². The molecule has 0 unspecified atom stereocenters. The van der Waals surface area contributed by atoms with Crippen molar-refractivity contribution in [3.05, 3.63) is 54.1 Å². The highest BCUT2D eigenvalue weighted by Crippen LogP contribution is 2.17. The zero-order valence-electron chi connectivity index (χ0n) is 11.9. The molecule has 8 heteroatoms. The zero-order valence-corrected chi connectivity index (χ0v) is 12.7. The van der Waals surface area contributed by atoms with Crippen molar-refractivity contribution >= 4 is 22.6 Å². The molecule has 0 spiro atoms. The Morgan fingerprint density at radius 2 is 1.82 bits per heavy atom. The molecule has 3 N–H and O–H groups in total. The molecular formula is C14H16BNO5S. The minimum Gasteiger partial charge on any atom is -0.497 e. The average molecular weight is 321 g/mol. The summed E-state index contributed by atoms with van der Waals surface area (Å²) in [5.74, 6) is 0.462. The number of sulfonamides is 1. The van der Waals surface area contributed by atoms with Crippen LogP contribution in [0.5, 0.6) is 5.75 Å². The smallest absolute Gasteiger partial charge is 0.488 e. The summed E-state index contributed by atoms with van der Waals surface area (Å²) in [6.07, 6.45) is 0. The molecule has 22 heavy (non-hydrogen) atoms. The quantitative estimate of drug-likeness (QED) is 0.643. The Balaban J connectivity index is 2.09. The second kappa shape index (κ2) is 6.93. The largest absolute Gasteiger partial charge is 0.497 e. The van der Waals surface area contributed by atoms with Crippen molar-refractivity contribution in [2.45, 2.75) is 11.4 Å². The van der Waals surface area contributed by atoms with Gasteiger partial charge in [-0.1, -0.05) is 30.3 Å². The summed E-state index contributed by atoms with van der Waals surface area (Å²) >= 11 is 0. The summed E-state index contributed by atoms with van der Waals surface area (Å²) in [5.41, 5.74) is 1.05. The van der Waals surface area contributed by atoms with Crippen LogP contribution in [0, 0.1) is 0 Å². The fourth-order valence-corrected chi connectivity index (χ4v) is 2.89. The molecule has 0 saturated carbocycles. The average Bonchev–Trinajstić information content (AvgIpc) is 2.53. The van der Waals surface area contributed by atoms with Crippen molar-refractivity contribution in [2.75, 3.05) is 7.11 Å². The summed E-state index contributed by atoms with van der Waals surface area (Å²) in [6, 6.07) is 12.5. The second-order valence-corrected chi connectivity index (χ2v) is 6.39. The van der Waals surface area contributed by atoms with Crippen LogP contribution in [0.2, 0.25) is 0 Å². The first-order valence-corrected chi connectivity index (χ1v) is 7.99. The van der Waals surface area contributed by atoms with E-state index in [0.717, 1.165) is 0 Å². The normalized spacial score (nSPS) is 11.2. The van der Waals surface area contributed by atoms with E-state index in [1.54, 1.807) is 24.3 Å². The molecule has 2 aromatic carbocycles. The van der Waals surface area contributed by atoms with Crippen molar-refractivity contribution in [2.24, 2.45) is 0 Å². The lowest BCUT2D eigenvalue weighted by Crippen LogP contribution is -2.30. The number of methoxy groups -OCH3 is 1. The molecule has 0 bridgehead atoms. The monoisotopic (exact) mass is 321 g/mol. The highest BCUT2D eigenvalue weighted by molar-refractivity contribution is 7.89. The van der Waals surface area contributed by atoms with Gasteiger partial charge < -0.3 is 14.8 Å². The molecule has 6 nitrogen and oxygen atoms in total. The molecule has 0 atom stereocenters. The number of hydrogen-bond donors (Lipinski definition) is 3. The first kappa shape index (κ1) is 16.5. The van der Waals surface area contributed by atoms with Crippen LogP contribution in [0.3, 0.4) is 0 Å². The van der Waals surface area contributed by atoms with Crippen LogP contribution in [0.1, 0.15) is 5.56 Å². The van der Waals surface area contributed by atoms with Crippen molar-refractivity contribution < 1.29 is 23.2 Å². The van der Waals surface area contributed by atoms with E-state index < -0.39 is 17.1 Å². The van der Waals surface area contributed by atoms with Gasteiger partial charge >= 0.3 is 7.12 Å². The van der Waals surface area contributed by atoms with Gasteiger partial charge in [0.2, 0.25) is 10.0 Å². The zero-order chi connectivity index (χ0) is 16.2. The Morgan fingerprint density at radius 3 is 2.41 bits per heavy atom. The third kappa shape index (κ3) is 4.08. The van der Waals surface area contributed by atoms with Gasteiger partial charge in [0.15, 0.2) is 0 Å². The first-order chi connectivity index (χ1) is 10.4. The van der Waals surface area contributed by atoms with Crippen LogP contribution in [0.15, 0.2) is 53.4 Å². The molecule has 0 aliphatic carbocycles. The van der Waals surface area contributed by atoms with Gasteiger partial charge in [0.25, 0.3) is 0 Å². The molecule has 0 fully saturated rings. The molecule has 2 rings (SSSR count). The number of rotatable bonds is 6. The third-order valence-electron chi connectivity index (χ3n) is 3.10. The maximum absolute atomic E-state index is 12.2. The summed E-state index contributed by atoms with van der Waals surface area (Å²) in [6.45, 7) is 0.0986. The van der Waals surface area contributed by atoms with E-state index in [2.05, 4.69) is 4.72 Å². The van der Waals surface area contributed by atoms with Gasteiger partial charge in [-0.05, 0) is 23.2 Å². The van der Waals surface area contributed by atoms with Crippen molar-refractivity contribution in [1.82, 2.24) is 4.72 Å². The fraction of sp³-hybridized carbons (Fsp3) is 0.143. The number of ether oxygens (including phenoxy) is 1. The van der Waals surface area contributed by atoms with Crippen LogP contribution in [0.4, 0.5) is 0 Å². The van der Waals surface area contributed by atoms with Gasteiger partial charge in [-0.25, -0.2) is 13.1 Å². The molecule has 0 radical (unpaired) electrons. The maximum atomic E-state index is 12.2. The molecule has 116 valence electrons. The van der Waals surface area contributed by atoms with Crippen molar-refractivity contribution in [1.29, 1.82) is 0 Å². The lowest BCUT2D eigenvalue weighted by molar-refractivity contribution is 0.413. The summed E-state index contributed by atoms with van der Waals surface area (Å²) in [5, 5.41) is 18.0. The van der Waals surface area contributed by atoms with E-state index in [-0.39, 0.29) is 11.4 Å². The summed E-state index contributed by atoms with van der Waals surface area (Å²) < 4.78 is 31.9. The fourth-order valence-electron chi connectivity index (χ4n) is 1.84. The van der Waals surface area contributed by atoms with Gasteiger partial charge in [-0.2, -0.15) is 0 Å². The van der Waals surface area contributed by atoms with Gasteiger partial charge in [0, 0.05) is 12.6 Å². The standard InChI is InChI=1S/C14H16BNO5S/c1-21-13-3-2-4-14(9-13)22(19,20)16-10-11-5-7-12(8-6-11)15(17)18/h2-9,16-18H,10H2,1H3. The molecule has 0 heterocycles. The van der Waals surface area contributed by atoms with Gasteiger partial charge in [0.05, 0.1) is 12.0 Å². The van der Waals surface area contributed by atoms with Gasteiger partial charge in [0.1, 0.15) is 5.75 Å². The number of benzene rings is 2. The summed E-state index contributed by atoms with van der Waals surface area (Å²) in [4.78, 5) is 0.120. The number of nitrogens with one attached hydrogen (secondary N) is 1. The van der Waals surface area contributed by atoms with Crippen LogP contribution in [0.25, 0.3) is 0 Å². The van der Waals surface area contributed by atoms with E-state index in [4.69, 9.17) is 14.8 Å². The van der Waals surface area contributed by atoms with E-state index >= 15 is 0 Å². The third-order valence-corrected chi connectivity index (χ3v) is 4.49. The number of hydrogen-bond acceptors (Lipinski definition) is 5. The van der Waals surface area contributed by atoms with Crippen molar-refractivity contribution in [3.8, 4) is 5.75 Å². The molecular weight excluding hydrogens is 305 g/mol. The minimum atomic E-state index is -3.65. The van der Waals surface area contributed by atoms with Crippen molar-refractivity contribution in [3.63, 3.8) is 0 Å². The molecule has 2 aromatic rings. The van der Waals surface area contributed by atoms with Crippen LogP contribution < -0.4 is 14.9 Å². The Bertz CT molecular complexity index is 731. The van der Waals surface area contributed by atoms with E-state index in [1.807, 2.05) is 0 Å². The predicted octanol–water partition coefficient (Wildman–Crippen LogP) is -0.146. The minimum absolute atomic E-state index is 0.0986. The van der Waals surface area contributed by atoms with Gasteiger partial charge in [-0.15, -0.1) is 0 Å². The Morgan fingerprint density at radius 1 is 1.14 bits per heavy atom. The topological polar surface area (TPSA) is 95.9 Å². The highest BCUT2D eigenvalue weighted by Gasteiger charge is 2.15. The molecule has 0 aromatic heterocycles. The van der Waals surface area contributed by atoms with E-state index in [1.165, 1.54) is 31.4 Å². The first-order valence-electron chi connectivity index (χ1n) is 6.51. The Labute approximate surface area is 129 Å². The molecule has 0 aliphatic rings. The highest BCUT2D eigenvalue weighted by atomic mass is 32.2. The van der Waals surface area contributed by atoms with Crippen LogP contribution in [-0.2, 0) is 16.6 Å². The Hall–Kier alpha value is -1.87. The molecule has 0 amide bonds. The Kier molecular flexibility index (Phi) is 5.20. The molecule has 0 saturated heterocycles. The maximum Gasteiger partial charge on any atom is 0.488 e. The SMILES string of the molecule is COc1cccc(S(=O)(=O)NCc2ccc(B(O)O)cc2)c1. The molecule has 0 aliphatic heterocycles.